The Bertz CT molecular complexity index is 456. The van der Waals surface area contributed by atoms with Gasteiger partial charge in [-0.25, -0.2) is 0 Å². The van der Waals surface area contributed by atoms with Crippen molar-refractivity contribution in [2.45, 2.75) is 53.1 Å². The molecule has 1 aromatic carbocycles. The lowest BCUT2D eigenvalue weighted by atomic mass is 9.91. The van der Waals surface area contributed by atoms with Crippen molar-refractivity contribution in [3.63, 3.8) is 0 Å². The zero-order valence-corrected chi connectivity index (χ0v) is 13.2. The molecule has 0 radical (unpaired) electrons. The molecule has 0 aliphatic carbocycles. The van der Waals surface area contributed by atoms with Gasteiger partial charge < -0.3 is 14.6 Å². The van der Waals surface area contributed by atoms with Crippen LogP contribution in [0, 0.1) is 20.8 Å². The van der Waals surface area contributed by atoms with E-state index in [2.05, 4.69) is 0 Å². The molecule has 0 amide bonds. The number of hydrogen-bond acceptors (Lipinski definition) is 3. The van der Waals surface area contributed by atoms with Gasteiger partial charge in [-0.15, -0.1) is 0 Å². The maximum absolute atomic E-state index is 9.91. The number of hydrogen-bond donors (Lipinski definition) is 1. The molecule has 1 rings (SSSR count). The summed E-state index contributed by atoms with van der Waals surface area (Å²) in [5.74, 6) is 1.84. The first-order valence-electron chi connectivity index (χ1n) is 6.66. The Morgan fingerprint density at radius 3 is 1.79 bits per heavy atom. The second-order valence-corrected chi connectivity index (χ2v) is 5.73. The molecule has 0 aromatic heterocycles. The minimum absolute atomic E-state index is 0.677. The van der Waals surface area contributed by atoms with E-state index in [9.17, 15) is 5.11 Å². The third-order valence-electron chi connectivity index (χ3n) is 3.71. The Balaban J connectivity index is 3.32. The molecule has 0 spiro atoms. The average Bonchev–Trinajstić information content (AvgIpc) is 2.31. The van der Waals surface area contributed by atoms with Gasteiger partial charge in [0, 0.05) is 5.56 Å². The van der Waals surface area contributed by atoms with Crippen molar-refractivity contribution in [1.82, 2.24) is 0 Å². The molecule has 0 saturated carbocycles. The topological polar surface area (TPSA) is 38.7 Å². The predicted octanol–water partition coefficient (Wildman–Crippen LogP) is 3.33. The molecule has 0 atom stereocenters. The van der Waals surface area contributed by atoms with Crippen LogP contribution in [-0.4, -0.2) is 24.9 Å². The molecule has 1 aromatic rings. The van der Waals surface area contributed by atoms with E-state index in [1.165, 1.54) is 0 Å². The minimum atomic E-state index is -0.677. The third kappa shape index (κ3) is 3.41. The fourth-order valence-electron chi connectivity index (χ4n) is 2.47. The summed E-state index contributed by atoms with van der Waals surface area (Å²) in [4.78, 5) is 0. The SMILES string of the molecule is COc1c(C)c(C)c(OC)c(CCC(C)(C)O)c1C. The number of rotatable bonds is 5. The van der Waals surface area contributed by atoms with Gasteiger partial charge in [0.25, 0.3) is 0 Å². The standard InChI is InChI=1S/C16H26O3/c1-10-11(2)15(19-7)13(8-9-16(4,5)17)12(3)14(10)18-6/h17H,8-9H2,1-7H3. The molecule has 3 nitrogen and oxygen atoms in total. The van der Waals surface area contributed by atoms with Crippen molar-refractivity contribution in [3.8, 4) is 11.5 Å². The van der Waals surface area contributed by atoms with Gasteiger partial charge in [-0.3, -0.25) is 0 Å². The highest BCUT2D eigenvalue weighted by molar-refractivity contribution is 5.58. The van der Waals surface area contributed by atoms with E-state index in [-0.39, 0.29) is 0 Å². The van der Waals surface area contributed by atoms with Crippen LogP contribution in [0.15, 0.2) is 0 Å². The van der Waals surface area contributed by atoms with Crippen molar-refractivity contribution >= 4 is 0 Å². The van der Waals surface area contributed by atoms with Crippen LogP contribution in [0.3, 0.4) is 0 Å². The second kappa shape index (κ2) is 5.83. The molecule has 0 aliphatic heterocycles. The monoisotopic (exact) mass is 266 g/mol. The normalized spacial score (nSPS) is 11.6. The third-order valence-corrected chi connectivity index (χ3v) is 3.71. The van der Waals surface area contributed by atoms with Crippen molar-refractivity contribution in [1.29, 1.82) is 0 Å². The van der Waals surface area contributed by atoms with Crippen LogP contribution < -0.4 is 9.47 Å². The molecule has 3 heteroatoms. The molecular weight excluding hydrogens is 240 g/mol. The summed E-state index contributed by atoms with van der Waals surface area (Å²) in [6.45, 7) is 9.79. The smallest absolute Gasteiger partial charge is 0.125 e. The number of aliphatic hydroxyl groups is 1. The molecule has 1 N–H and O–H groups in total. The highest BCUT2D eigenvalue weighted by atomic mass is 16.5. The number of methoxy groups -OCH3 is 2. The zero-order valence-electron chi connectivity index (χ0n) is 13.2. The first-order valence-corrected chi connectivity index (χ1v) is 6.66. The lowest BCUT2D eigenvalue weighted by molar-refractivity contribution is 0.0712. The van der Waals surface area contributed by atoms with E-state index < -0.39 is 5.60 Å². The summed E-state index contributed by atoms with van der Waals surface area (Å²) in [6.07, 6.45) is 1.46. The summed E-state index contributed by atoms with van der Waals surface area (Å²) in [7, 11) is 3.39. The zero-order chi connectivity index (χ0) is 14.8. The molecule has 0 heterocycles. The van der Waals surface area contributed by atoms with Crippen LogP contribution >= 0.6 is 0 Å². The highest BCUT2D eigenvalue weighted by Gasteiger charge is 2.21. The van der Waals surface area contributed by atoms with Gasteiger partial charge in [-0.2, -0.15) is 0 Å². The molecule has 0 saturated heterocycles. The van der Waals surface area contributed by atoms with Crippen LogP contribution in [-0.2, 0) is 6.42 Å². The second-order valence-electron chi connectivity index (χ2n) is 5.73. The van der Waals surface area contributed by atoms with Crippen molar-refractivity contribution in [3.05, 3.63) is 22.3 Å². The largest absolute Gasteiger partial charge is 0.496 e. The first kappa shape index (κ1) is 15.8. The quantitative estimate of drug-likeness (QED) is 0.888. The Morgan fingerprint density at radius 2 is 1.37 bits per heavy atom. The van der Waals surface area contributed by atoms with E-state index in [1.807, 2.05) is 34.6 Å². The molecule has 0 unspecified atom stereocenters. The van der Waals surface area contributed by atoms with E-state index in [4.69, 9.17) is 9.47 Å². The van der Waals surface area contributed by atoms with Gasteiger partial charge in [-0.05, 0) is 64.2 Å². The van der Waals surface area contributed by atoms with Crippen LogP contribution in [0.4, 0.5) is 0 Å². The Hall–Kier alpha value is -1.22. The number of ether oxygens (including phenoxy) is 2. The molecule has 0 bridgehead atoms. The van der Waals surface area contributed by atoms with Crippen molar-refractivity contribution in [2.24, 2.45) is 0 Å². The fourth-order valence-corrected chi connectivity index (χ4v) is 2.47. The first-order chi connectivity index (χ1) is 8.72. The van der Waals surface area contributed by atoms with Crippen LogP contribution in [0.5, 0.6) is 11.5 Å². The molecule has 19 heavy (non-hydrogen) atoms. The molecule has 0 fully saturated rings. The van der Waals surface area contributed by atoms with E-state index >= 15 is 0 Å². The van der Waals surface area contributed by atoms with Gasteiger partial charge in [0.2, 0.25) is 0 Å². The maximum atomic E-state index is 9.91. The highest BCUT2D eigenvalue weighted by Crippen LogP contribution is 2.38. The van der Waals surface area contributed by atoms with Gasteiger partial charge in [0.15, 0.2) is 0 Å². The van der Waals surface area contributed by atoms with E-state index in [0.29, 0.717) is 6.42 Å². The van der Waals surface area contributed by atoms with Crippen molar-refractivity contribution in [2.75, 3.05) is 14.2 Å². The lowest BCUT2D eigenvalue weighted by Gasteiger charge is -2.23. The Labute approximate surface area is 116 Å². The summed E-state index contributed by atoms with van der Waals surface area (Å²) in [6, 6.07) is 0. The molecular formula is C16H26O3. The van der Waals surface area contributed by atoms with Gasteiger partial charge in [-0.1, -0.05) is 0 Å². The van der Waals surface area contributed by atoms with Crippen LogP contribution in [0.2, 0.25) is 0 Å². The Morgan fingerprint density at radius 1 is 0.895 bits per heavy atom. The fraction of sp³-hybridized carbons (Fsp3) is 0.625. The van der Waals surface area contributed by atoms with Crippen LogP contribution in [0.25, 0.3) is 0 Å². The maximum Gasteiger partial charge on any atom is 0.125 e. The van der Waals surface area contributed by atoms with Crippen molar-refractivity contribution < 1.29 is 14.6 Å². The predicted molar refractivity (Wildman–Crippen MR) is 78.4 cm³/mol. The van der Waals surface area contributed by atoms with Crippen LogP contribution in [0.1, 0.15) is 42.5 Å². The summed E-state index contributed by atoms with van der Waals surface area (Å²) in [5.41, 5.74) is 3.78. The summed E-state index contributed by atoms with van der Waals surface area (Å²) in [5, 5.41) is 9.91. The molecule has 108 valence electrons. The molecule has 0 aliphatic rings. The minimum Gasteiger partial charge on any atom is -0.496 e. The number of benzene rings is 1. The van der Waals surface area contributed by atoms with E-state index in [0.717, 1.165) is 40.2 Å². The average molecular weight is 266 g/mol. The van der Waals surface area contributed by atoms with Gasteiger partial charge >= 0.3 is 0 Å². The van der Waals surface area contributed by atoms with E-state index in [1.54, 1.807) is 14.2 Å². The Kier molecular flexibility index (Phi) is 4.86. The van der Waals surface area contributed by atoms with Gasteiger partial charge in [0.05, 0.1) is 19.8 Å². The summed E-state index contributed by atoms with van der Waals surface area (Å²) < 4.78 is 11.1. The summed E-state index contributed by atoms with van der Waals surface area (Å²) >= 11 is 0. The van der Waals surface area contributed by atoms with Gasteiger partial charge in [0.1, 0.15) is 11.5 Å². The lowest BCUT2D eigenvalue weighted by Crippen LogP contribution is -2.20.